The Kier molecular flexibility index (Phi) is 9.58. The normalized spacial score (nSPS) is 11.4. The largest absolute Gasteiger partial charge is 0.466 e. The van der Waals surface area contributed by atoms with Crippen LogP contribution in [-0.2, 0) is 25.5 Å². The molecule has 0 amide bonds. The molecule has 1 unspecified atom stereocenters. The molecule has 0 fully saturated rings. The summed E-state index contributed by atoms with van der Waals surface area (Å²) in [6.45, 7) is 0.189. The molecule has 6 aromatic rings. The van der Waals surface area contributed by atoms with Gasteiger partial charge in [-0.1, -0.05) is 133 Å². The molecule has 7 heteroatoms. The van der Waals surface area contributed by atoms with Crippen molar-refractivity contribution < 1.29 is 28.6 Å². The lowest BCUT2D eigenvalue weighted by atomic mass is 9.98. The molecule has 5 aromatic carbocycles. The van der Waals surface area contributed by atoms with Crippen molar-refractivity contribution in [3.05, 3.63) is 168 Å². The van der Waals surface area contributed by atoms with Gasteiger partial charge in [0.1, 0.15) is 5.69 Å². The molecule has 0 aliphatic rings. The minimum Gasteiger partial charge on any atom is -0.466 e. The number of hydrogen-bond donors (Lipinski definition) is 0. The van der Waals surface area contributed by atoms with Crippen LogP contribution in [0.1, 0.15) is 38.2 Å². The first-order chi connectivity index (χ1) is 23.5. The zero-order valence-corrected chi connectivity index (χ0v) is 26.5. The summed E-state index contributed by atoms with van der Waals surface area (Å²) < 4.78 is 18.2. The van der Waals surface area contributed by atoms with E-state index in [2.05, 4.69) is 0 Å². The van der Waals surface area contributed by atoms with E-state index < -0.39 is 24.0 Å². The first-order valence-electron chi connectivity index (χ1n) is 15.4. The van der Waals surface area contributed by atoms with Crippen LogP contribution in [0.5, 0.6) is 0 Å². The highest BCUT2D eigenvalue weighted by Gasteiger charge is 2.36. The third kappa shape index (κ3) is 6.66. The highest BCUT2D eigenvalue weighted by molar-refractivity contribution is 5.99. The molecule has 1 atom stereocenters. The second kappa shape index (κ2) is 14.5. The molecule has 0 spiro atoms. The van der Waals surface area contributed by atoms with E-state index in [0.29, 0.717) is 16.7 Å². The number of benzene rings is 5. The number of carbonyl (C=O) groups excluding carboxylic acids is 3. The summed E-state index contributed by atoms with van der Waals surface area (Å²) in [5.41, 5.74) is 6.33. The van der Waals surface area contributed by atoms with Crippen LogP contribution in [0.25, 0.3) is 33.4 Å². The lowest BCUT2D eigenvalue weighted by Crippen LogP contribution is -2.26. The summed E-state index contributed by atoms with van der Waals surface area (Å²) in [6, 6.07) is 45.4. The predicted molar refractivity (Wildman–Crippen MR) is 184 cm³/mol. The van der Waals surface area contributed by atoms with Gasteiger partial charge in [-0.25, -0.2) is 14.4 Å². The molecule has 1 aromatic heterocycles. The maximum Gasteiger partial charge on any atom is 0.354 e. The fourth-order valence-corrected chi connectivity index (χ4v) is 5.78. The molecule has 6 rings (SSSR count). The van der Waals surface area contributed by atoms with Gasteiger partial charge in [-0.05, 0) is 45.5 Å². The van der Waals surface area contributed by atoms with Gasteiger partial charge in [0.15, 0.2) is 0 Å². The number of aromatic nitrogens is 1. The number of esters is 3. The molecule has 48 heavy (non-hydrogen) atoms. The minimum atomic E-state index is -1.53. The molecule has 0 N–H and O–H groups in total. The second-order valence-electron chi connectivity index (χ2n) is 11.1. The Morgan fingerprint density at radius 3 is 1.71 bits per heavy atom. The van der Waals surface area contributed by atoms with Crippen LogP contribution in [0.15, 0.2) is 146 Å². The lowest BCUT2D eigenvalue weighted by Gasteiger charge is -2.22. The highest BCUT2D eigenvalue weighted by Crippen LogP contribution is 2.37. The number of methoxy groups -OCH3 is 2. The van der Waals surface area contributed by atoms with Crippen LogP contribution in [0.4, 0.5) is 0 Å². The van der Waals surface area contributed by atoms with Crippen LogP contribution in [0, 0.1) is 0 Å². The van der Waals surface area contributed by atoms with Crippen LogP contribution in [0.3, 0.4) is 0 Å². The van der Waals surface area contributed by atoms with E-state index in [1.807, 2.05) is 127 Å². The maximum atomic E-state index is 14.0. The van der Waals surface area contributed by atoms with E-state index in [-0.39, 0.29) is 23.5 Å². The summed E-state index contributed by atoms with van der Waals surface area (Å²) in [7, 11) is 2.54. The zero-order valence-electron chi connectivity index (χ0n) is 26.5. The van der Waals surface area contributed by atoms with Crippen molar-refractivity contribution in [2.75, 3.05) is 14.2 Å². The number of ether oxygens (including phenoxy) is 3. The Labute approximate surface area is 279 Å². The number of rotatable bonds is 10. The summed E-state index contributed by atoms with van der Waals surface area (Å²) in [5.74, 6) is -2.13. The number of carbonyl (C=O) groups is 3. The second-order valence-corrected chi connectivity index (χ2v) is 11.1. The van der Waals surface area contributed by atoms with Crippen molar-refractivity contribution in [1.29, 1.82) is 0 Å². The Balaban J connectivity index is 1.51. The minimum absolute atomic E-state index is 0.188. The Hall–Kier alpha value is -6.21. The van der Waals surface area contributed by atoms with Gasteiger partial charge in [-0.2, -0.15) is 0 Å². The third-order valence-corrected chi connectivity index (χ3v) is 8.14. The van der Waals surface area contributed by atoms with Gasteiger partial charge < -0.3 is 18.8 Å². The topological polar surface area (TPSA) is 83.8 Å². The summed E-state index contributed by atoms with van der Waals surface area (Å²) in [5, 5.41) is 0. The highest BCUT2D eigenvalue weighted by atomic mass is 16.6. The van der Waals surface area contributed by atoms with E-state index in [1.165, 1.54) is 14.2 Å². The van der Waals surface area contributed by atoms with Crippen molar-refractivity contribution in [3.8, 4) is 33.4 Å². The molecule has 0 radical (unpaired) electrons. The smallest absolute Gasteiger partial charge is 0.354 e. The molecular formula is C41H33NO6. The van der Waals surface area contributed by atoms with Crippen molar-refractivity contribution in [2.45, 2.75) is 12.6 Å². The Bertz CT molecular complexity index is 2030. The van der Waals surface area contributed by atoms with Crippen LogP contribution < -0.4 is 0 Å². The molecule has 0 aliphatic heterocycles. The first kappa shape index (κ1) is 31.8. The molecule has 0 saturated carbocycles. The lowest BCUT2D eigenvalue weighted by molar-refractivity contribution is -0.151. The molecule has 0 bridgehead atoms. The Morgan fingerprint density at radius 2 is 1.08 bits per heavy atom. The standard InChI is InChI=1S/C41H33NO6/c1-46-40(44)36-26-35(32-24-22-30(23-25-32)29-16-8-4-9-17-29)37(42(36)27-28-14-6-3-7-15-28)38(41(45)47-2)48-39(43)34-21-13-12-20-33(34)31-18-10-5-11-19-31/h3-26,38H,27H2,1-2H3. The summed E-state index contributed by atoms with van der Waals surface area (Å²) in [6.07, 6.45) is -1.53. The summed E-state index contributed by atoms with van der Waals surface area (Å²) in [4.78, 5) is 41.0. The molecule has 0 saturated heterocycles. The van der Waals surface area contributed by atoms with Crippen LogP contribution >= 0.6 is 0 Å². The SMILES string of the molecule is COC(=O)c1cc(-c2ccc(-c3ccccc3)cc2)c(C(OC(=O)c2ccccc2-c2ccccc2)C(=O)OC)n1Cc1ccccc1. The van der Waals surface area contributed by atoms with Crippen LogP contribution in [0.2, 0.25) is 0 Å². The first-order valence-corrected chi connectivity index (χ1v) is 15.4. The van der Waals surface area contributed by atoms with Gasteiger partial charge in [-0.15, -0.1) is 0 Å². The zero-order chi connectivity index (χ0) is 33.5. The van der Waals surface area contributed by atoms with Crippen molar-refractivity contribution in [1.82, 2.24) is 4.57 Å². The van der Waals surface area contributed by atoms with Crippen LogP contribution in [-0.4, -0.2) is 36.7 Å². The summed E-state index contributed by atoms with van der Waals surface area (Å²) >= 11 is 0. The van der Waals surface area contributed by atoms with E-state index in [9.17, 15) is 14.4 Å². The average Bonchev–Trinajstić information content (AvgIpc) is 3.52. The van der Waals surface area contributed by atoms with Crippen molar-refractivity contribution in [3.63, 3.8) is 0 Å². The molecule has 7 nitrogen and oxygen atoms in total. The van der Waals surface area contributed by atoms with E-state index in [0.717, 1.165) is 22.3 Å². The maximum absolute atomic E-state index is 14.0. The molecule has 0 aliphatic carbocycles. The van der Waals surface area contributed by atoms with Gasteiger partial charge in [0, 0.05) is 12.1 Å². The molecular weight excluding hydrogens is 602 g/mol. The average molecular weight is 636 g/mol. The van der Waals surface area contributed by atoms with Crippen molar-refractivity contribution in [2.24, 2.45) is 0 Å². The Morgan fingerprint density at radius 1 is 0.562 bits per heavy atom. The molecule has 238 valence electrons. The number of hydrogen-bond acceptors (Lipinski definition) is 6. The predicted octanol–water partition coefficient (Wildman–Crippen LogP) is 8.40. The van der Waals surface area contributed by atoms with E-state index in [1.54, 1.807) is 22.8 Å². The third-order valence-electron chi connectivity index (χ3n) is 8.14. The molecule has 1 heterocycles. The van der Waals surface area contributed by atoms with Crippen molar-refractivity contribution >= 4 is 17.9 Å². The fourth-order valence-electron chi connectivity index (χ4n) is 5.78. The van der Waals surface area contributed by atoms with Gasteiger partial charge in [0.05, 0.1) is 25.5 Å². The quantitative estimate of drug-likeness (QED) is 0.111. The van der Waals surface area contributed by atoms with Gasteiger partial charge >= 0.3 is 17.9 Å². The van der Waals surface area contributed by atoms with E-state index in [4.69, 9.17) is 14.2 Å². The van der Waals surface area contributed by atoms with Gasteiger partial charge in [0.2, 0.25) is 6.10 Å². The van der Waals surface area contributed by atoms with E-state index >= 15 is 0 Å². The monoisotopic (exact) mass is 635 g/mol. The van der Waals surface area contributed by atoms with Gasteiger partial charge in [0.25, 0.3) is 0 Å². The fraction of sp³-hybridized carbons (Fsp3) is 0.0976. The number of nitrogens with zero attached hydrogens (tertiary/aromatic N) is 1. The van der Waals surface area contributed by atoms with Gasteiger partial charge in [-0.3, -0.25) is 0 Å².